The molecule has 1 fully saturated rings. The van der Waals surface area contributed by atoms with Crippen LogP contribution in [-0.4, -0.2) is 29.1 Å². The van der Waals surface area contributed by atoms with Crippen LogP contribution in [0.4, 0.5) is 9.93 Å². The first-order valence-electron chi connectivity index (χ1n) is 9.56. The molecule has 144 valence electrons. The van der Waals surface area contributed by atoms with Gasteiger partial charge in [-0.05, 0) is 37.5 Å². The third-order valence-corrected chi connectivity index (χ3v) is 5.63. The number of hydrogen-bond donors (Lipinski definition) is 1. The highest BCUT2D eigenvalue weighted by Crippen LogP contribution is 2.34. The van der Waals surface area contributed by atoms with Crippen molar-refractivity contribution in [1.82, 2.24) is 9.88 Å². The minimum absolute atomic E-state index is 0.0873. The van der Waals surface area contributed by atoms with E-state index in [2.05, 4.69) is 22.4 Å². The van der Waals surface area contributed by atoms with Crippen LogP contribution in [0.15, 0.2) is 60.0 Å². The molecule has 0 spiro atoms. The molecule has 5 nitrogen and oxygen atoms in total. The number of carbonyl (C=O) groups excluding carboxylic acids is 1. The second-order valence-corrected chi connectivity index (χ2v) is 7.55. The highest BCUT2D eigenvalue weighted by molar-refractivity contribution is 7.14. The van der Waals surface area contributed by atoms with Gasteiger partial charge in [-0.25, -0.2) is 9.78 Å². The summed E-state index contributed by atoms with van der Waals surface area (Å²) in [6.45, 7) is 3.37. The van der Waals surface area contributed by atoms with Crippen LogP contribution in [-0.2, 0) is 0 Å². The third kappa shape index (κ3) is 4.02. The maximum absolute atomic E-state index is 12.9. The Morgan fingerprint density at radius 3 is 2.75 bits per heavy atom. The molecule has 1 saturated heterocycles. The average molecular weight is 394 g/mol. The molecule has 2 heterocycles. The summed E-state index contributed by atoms with van der Waals surface area (Å²) >= 11 is 1.45. The lowest BCUT2D eigenvalue weighted by Crippen LogP contribution is -2.34. The number of aromatic nitrogens is 1. The van der Waals surface area contributed by atoms with E-state index in [0.717, 1.165) is 42.0 Å². The normalized spacial score (nSPS) is 16.2. The van der Waals surface area contributed by atoms with E-state index in [1.54, 1.807) is 0 Å². The van der Waals surface area contributed by atoms with Crippen LogP contribution in [0.25, 0.3) is 11.3 Å². The standard InChI is InChI=1S/C22H23N3O2S/c1-2-27-18-12-10-17(11-13-18)20-9-6-14-25(20)22(26)24-21-23-19(15-28-21)16-7-4-3-5-8-16/h3-5,7-8,10-13,15,20H,2,6,9,14H2,1H3,(H,23,24,26). The van der Waals surface area contributed by atoms with Crippen molar-refractivity contribution in [2.45, 2.75) is 25.8 Å². The summed E-state index contributed by atoms with van der Waals surface area (Å²) in [7, 11) is 0. The molecule has 0 radical (unpaired) electrons. The van der Waals surface area contributed by atoms with Crippen molar-refractivity contribution in [3.05, 3.63) is 65.5 Å². The van der Waals surface area contributed by atoms with E-state index >= 15 is 0 Å². The fourth-order valence-corrected chi connectivity index (χ4v) is 4.25. The number of carbonyl (C=O) groups is 1. The Morgan fingerprint density at radius 1 is 1.21 bits per heavy atom. The predicted molar refractivity (Wildman–Crippen MR) is 113 cm³/mol. The Hall–Kier alpha value is -2.86. The van der Waals surface area contributed by atoms with Crippen LogP contribution < -0.4 is 10.1 Å². The summed E-state index contributed by atoms with van der Waals surface area (Å²) < 4.78 is 5.52. The second kappa shape index (κ2) is 8.44. The molecular weight excluding hydrogens is 370 g/mol. The maximum atomic E-state index is 12.9. The van der Waals surface area contributed by atoms with Gasteiger partial charge < -0.3 is 9.64 Å². The van der Waals surface area contributed by atoms with E-state index in [1.807, 2.05) is 59.7 Å². The van der Waals surface area contributed by atoms with Gasteiger partial charge in [0, 0.05) is 17.5 Å². The number of nitrogens with one attached hydrogen (secondary N) is 1. The van der Waals surface area contributed by atoms with Gasteiger partial charge in [0.15, 0.2) is 5.13 Å². The average Bonchev–Trinajstić information content (AvgIpc) is 3.39. The molecule has 0 bridgehead atoms. The summed E-state index contributed by atoms with van der Waals surface area (Å²) in [5.41, 5.74) is 3.07. The van der Waals surface area contributed by atoms with E-state index < -0.39 is 0 Å². The molecule has 2 amide bonds. The first-order chi connectivity index (χ1) is 13.7. The van der Waals surface area contributed by atoms with E-state index in [1.165, 1.54) is 11.3 Å². The fourth-order valence-electron chi connectivity index (χ4n) is 3.55. The van der Waals surface area contributed by atoms with Crippen molar-refractivity contribution >= 4 is 22.5 Å². The number of ether oxygens (including phenoxy) is 1. The molecule has 28 heavy (non-hydrogen) atoms. The SMILES string of the molecule is CCOc1ccc(C2CCCN2C(=O)Nc2nc(-c3ccccc3)cs2)cc1. The van der Waals surface area contributed by atoms with E-state index in [0.29, 0.717) is 11.7 Å². The van der Waals surface area contributed by atoms with Gasteiger partial charge in [-0.3, -0.25) is 5.32 Å². The number of benzene rings is 2. The molecule has 1 aliphatic rings. The summed E-state index contributed by atoms with van der Waals surface area (Å²) in [5.74, 6) is 0.858. The van der Waals surface area contributed by atoms with Crippen molar-refractivity contribution in [3.63, 3.8) is 0 Å². The maximum Gasteiger partial charge on any atom is 0.324 e. The van der Waals surface area contributed by atoms with Crippen LogP contribution in [0.3, 0.4) is 0 Å². The van der Waals surface area contributed by atoms with Crippen LogP contribution in [0.1, 0.15) is 31.4 Å². The Bertz CT molecular complexity index is 924. The molecule has 0 aliphatic carbocycles. The van der Waals surface area contributed by atoms with Gasteiger partial charge in [0.05, 0.1) is 18.3 Å². The van der Waals surface area contributed by atoms with Crippen LogP contribution >= 0.6 is 11.3 Å². The minimum Gasteiger partial charge on any atom is -0.494 e. The van der Waals surface area contributed by atoms with Gasteiger partial charge in [-0.1, -0.05) is 42.5 Å². The predicted octanol–water partition coefficient (Wildman–Crippen LogP) is 5.58. The summed E-state index contributed by atoms with van der Waals surface area (Å²) in [4.78, 5) is 19.3. The fraction of sp³-hybridized carbons (Fsp3) is 0.273. The number of thiazole rings is 1. The number of amides is 2. The van der Waals surface area contributed by atoms with Gasteiger partial charge in [-0.2, -0.15) is 0 Å². The lowest BCUT2D eigenvalue weighted by atomic mass is 10.0. The number of anilines is 1. The monoisotopic (exact) mass is 393 g/mol. The first kappa shape index (κ1) is 18.5. The lowest BCUT2D eigenvalue weighted by Gasteiger charge is -2.25. The zero-order chi connectivity index (χ0) is 19.3. The number of hydrogen-bond acceptors (Lipinski definition) is 4. The van der Waals surface area contributed by atoms with Gasteiger partial charge in [0.1, 0.15) is 5.75 Å². The second-order valence-electron chi connectivity index (χ2n) is 6.69. The van der Waals surface area contributed by atoms with Crippen LogP contribution in [0.2, 0.25) is 0 Å². The topological polar surface area (TPSA) is 54.5 Å². The number of urea groups is 1. The lowest BCUT2D eigenvalue weighted by molar-refractivity contribution is 0.207. The minimum atomic E-state index is -0.0923. The third-order valence-electron chi connectivity index (χ3n) is 4.88. The first-order valence-corrected chi connectivity index (χ1v) is 10.4. The van der Waals surface area contributed by atoms with Crippen molar-refractivity contribution in [2.75, 3.05) is 18.5 Å². The number of likely N-dealkylation sites (tertiary alicyclic amines) is 1. The van der Waals surface area contributed by atoms with Crippen molar-refractivity contribution in [1.29, 1.82) is 0 Å². The smallest absolute Gasteiger partial charge is 0.324 e. The summed E-state index contributed by atoms with van der Waals surface area (Å²) in [6.07, 6.45) is 1.97. The quantitative estimate of drug-likeness (QED) is 0.616. The van der Waals surface area contributed by atoms with Crippen molar-refractivity contribution < 1.29 is 9.53 Å². The van der Waals surface area contributed by atoms with E-state index in [9.17, 15) is 4.79 Å². The van der Waals surface area contributed by atoms with E-state index in [4.69, 9.17) is 4.74 Å². The number of rotatable bonds is 5. The zero-order valence-electron chi connectivity index (χ0n) is 15.8. The number of nitrogens with zero attached hydrogens (tertiary/aromatic N) is 2. The molecule has 0 saturated carbocycles. The van der Waals surface area contributed by atoms with E-state index in [-0.39, 0.29) is 12.1 Å². The Balaban J connectivity index is 1.44. The molecular formula is C22H23N3O2S. The van der Waals surface area contributed by atoms with Gasteiger partial charge in [-0.15, -0.1) is 11.3 Å². The van der Waals surface area contributed by atoms with Crippen molar-refractivity contribution in [3.8, 4) is 17.0 Å². The van der Waals surface area contributed by atoms with Crippen LogP contribution in [0.5, 0.6) is 5.75 Å². The Morgan fingerprint density at radius 2 is 2.00 bits per heavy atom. The molecule has 1 aromatic heterocycles. The summed E-state index contributed by atoms with van der Waals surface area (Å²) in [5, 5.41) is 5.57. The van der Waals surface area contributed by atoms with Crippen molar-refractivity contribution in [2.24, 2.45) is 0 Å². The molecule has 2 aromatic carbocycles. The largest absolute Gasteiger partial charge is 0.494 e. The molecule has 3 aromatic rings. The van der Waals surface area contributed by atoms with Gasteiger partial charge in [0.2, 0.25) is 0 Å². The Labute approximate surface area is 169 Å². The van der Waals surface area contributed by atoms with Gasteiger partial charge >= 0.3 is 6.03 Å². The molecule has 1 N–H and O–H groups in total. The molecule has 1 unspecified atom stereocenters. The molecule has 4 rings (SSSR count). The highest BCUT2D eigenvalue weighted by atomic mass is 32.1. The van der Waals surface area contributed by atoms with Crippen LogP contribution in [0, 0.1) is 0 Å². The zero-order valence-corrected chi connectivity index (χ0v) is 16.6. The summed E-state index contributed by atoms with van der Waals surface area (Å²) in [6, 6.07) is 18.0. The Kier molecular flexibility index (Phi) is 5.58. The molecule has 1 atom stereocenters. The molecule has 6 heteroatoms. The molecule has 1 aliphatic heterocycles. The van der Waals surface area contributed by atoms with Gasteiger partial charge in [0.25, 0.3) is 0 Å². The highest BCUT2D eigenvalue weighted by Gasteiger charge is 2.30.